The second-order valence-corrected chi connectivity index (χ2v) is 4.64. The van der Waals surface area contributed by atoms with Crippen molar-refractivity contribution >= 4 is 23.8 Å². The van der Waals surface area contributed by atoms with Gasteiger partial charge in [-0.3, -0.25) is 4.79 Å². The minimum absolute atomic E-state index is 0.154. The van der Waals surface area contributed by atoms with Gasteiger partial charge in [-0.15, -0.1) is 0 Å². The molecular formula is C16H15NO4. The van der Waals surface area contributed by atoms with Crippen LogP contribution in [0.25, 0.3) is 0 Å². The third kappa shape index (κ3) is 3.20. The number of aromatic carboxylic acids is 1. The van der Waals surface area contributed by atoms with Crippen LogP contribution in [0.2, 0.25) is 0 Å². The molecule has 0 spiro atoms. The molecule has 2 aromatic rings. The Morgan fingerprint density at radius 2 is 2.00 bits per heavy atom. The normalized spacial score (nSPS) is 10.0. The molecule has 2 rings (SSSR count). The Bertz CT molecular complexity index is 695. The number of carboxylic acid groups (broad SMARTS) is 1. The average Bonchev–Trinajstić information content (AvgIpc) is 2.42. The second-order valence-electron chi connectivity index (χ2n) is 4.64. The lowest BCUT2D eigenvalue weighted by molar-refractivity contribution is -0.120. The van der Waals surface area contributed by atoms with Gasteiger partial charge in [0.05, 0.1) is 16.9 Å². The molecule has 0 amide bonds. The highest BCUT2D eigenvalue weighted by atomic mass is 16.5. The predicted molar refractivity (Wildman–Crippen MR) is 79.3 cm³/mol. The number of para-hydroxylation sites is 1. The molecule has 0 heterocycles. The van der Waals surface area contributed by atoms with Crippen LogP contribution in [0.4, 0.5) is 11.4 Å². The van der Waals surface area contributed by atoms with Crippen molar-refractivity contribution in [2.24, 2.45) is 0 Å². The number of ether oxygens (including phenoxy) is 1. The summed E-state index contributed by atoms with van der Waals surface area (Å²) in [6.07, 6.45) is 0. The van der Waals surface area contributed by atoms with Crippen molar-refractivity contribution in [1.29, 1.82) is 0 Å². The van der Waals surface area contributed by atoms with Gasteiger partial charge < -0.3 is 15.2 Å². The van der Waals surface area contributed by atoms with Crippen LogP contribution in [0.1, 0.15) is 21.5 Å². The summed E-state index contributed by atoms with van der Waals surface area (Å²) in [5.74, 6) is -0.674. The van der Waals surface area contributed by atoms with Gasteiger partial charge in [0.25, 0.3) is 6.47 Å². The summed E-state index contributed by atoms with van der Waals surface area (Å²) in [7, 11) is 0. The van der Waals surface area contributed by atoms with E-state index in [1.54, 1.807) is 30.3 Å². The number of aryl methyl sites for hydroxylation is 2. The molecular weight excluding hydrogens is 270 g/mol. The Hall–Kier alpha value is -2.82. The zero-order valence-electron chi connectivity index (χ0n) is 11.7. The van der Waals surface area contributed by atoms with Gasteiger partial charge in [0.1, 0.15) is 0 Å². The van der Waals surface area contributed by atoms with E-state index in [1.165, 1.54) is 0 Å². The summed E-state index contributed by atoms with van der Waals surface area (Å²) in [6.45, 7) is 4.06. The van der Waals surface area contributed by atoms with E-state index in [0.29, 0.717) is 23.6 Å². The average molecular weight is 285 g/mol. The zero-order valence-corrected chi connectivity index (χ0v) is 11.7. The largest absolute Gasteiger partial charge is 0.478 e. The van der Waals surface area contributed by atoms with Gasteiger partial charge >= 0.3 is 5.97 Å². The van der Waals surface area contributed by atoms with Crippen molar-refractivity contribution in [3.63, 3.8) is 0 Å². The molecule has 108 valence electrons. The highest BCUT2D eigenvalue weighted by Gasteiger charge is 2.13. The van der Waals surface area contributed by atoms with Crippen molar-refractivity contribution in [3.8, 4) is 5.75 Å². The first-order chi connectivity index (χ1) is 10.0. The molecule has 21 heavy (non-hydrogen) atoms. The maximum Gasteiger partial charge on any atom is 0.337 e. The van der Waals surface area contributed by atoms with Crippen molar-refractivity contribution < 1.29 is 19.4 Å². The molecule has 0 bridgehead atoms. The van der Waals surface area contributed by atoms with E-state index in [1.807, 2.05) is 19.9 Å². The first kappa shape index (κ1) is 14.6. The summed E-state index contributed by atoms with van der Waals surface area (Å²) in [6, 6.07) is 10.2. The third-order valence-electron chi connectivity index (χ3n) is 3.07. The third-order valence-corrected chi connectivity index (χ3v) is 3.07. The van der Waals surface area contributed by atoms with E-state index in [-0.39, 0.29) is 5.56 Å². The van der Waals surface area contributed by atoms with E-state index >= 15 is 0 Å². The molecule has 0 fully saturated rings. The Morgan fingerprint density at radius 3 is 2.67 bits per heavy atom. The van der Waals surface area contributed by atoms with Gasteiger partial charge in [0.2, 0.25) is 0 Å². The van der Waals surface area contributed by atoms with Crippen LogP contribution in [-0.4, -0.2) is 17.5 Å². The SMILES string of the molecule is Cc1ccc(C(=O)O)c(Nc2c(C)cccc2OC=O)c1. The van der Waals surface area contributed by atoms with E-state index < -0.39 is 5.97 Å². The molecule has 2 N–H and O–H groups in total. The number of benzene rings is 2. The van der Waals surface area contributed by atoms with Gasteiger partial charge in [-0.25, -0.2) is 4.79 Å². The minimum Gasteiger partial charge on any atom is -0.478 e. The number of nitrogens with one attached hydrogen (secondary N) is 1. The first-order valence-corrected chi connectivity index (χ1v) is 6.34. The molecule has 0 saturated heterocycles. The fourth-order valence-corrected chi connectivity index (χ4v) is 2.03. The summed E-state index contributed by atoms with van der Waals surface area (Å²) < 4.78 is 4.93. The number of carbonyl (C=O) groups is 2. The zero-order chi connectivity index (χ0) is 15.4. The Morgan fingerprint density at radius 1 is 1.24 bits per heavy atom. The second kappa shape index (κ2) is 6.09. The molecule has 5 nitrogen and oxygen atoms in total. The molecule has 0 aliphatic carbocycles. The quantitative estimate of drug-likeness (QED) is 0.824. The van der Waals surface area contributed by atoms with Gasteiger partial charge in [0.15, 0.2) is 5.75 Å². The molecule has 0 atom stereocenters. The molecule has 2 aromatic carbocycles. The Labute approximate surface area is 122 Å². The van der Waals surface area contributed by atoms with Crippen LogP contribution in [0, 0.1) is 13.8 Å². The summed E-state index contributed by atoms with van der Waals surface area (Å²) in [4.78, 5) is 21.9. The van der Waals surface area contributed by atoms with E-state index in [0.717, 1.165) is 11.1 Å². The number of carbonyl (C=O) groups excluding carboxylic acids is 1. The van der Waals surface area contributed by atoms with Crippen LogP contribution in [0.5, 0.6) is 5.75 Å². The highest BCUT2D eigenvalue weighted by Crippen LogP contribution is 2.32. The van der Waals surface area contributed by atoms with E-state index in [2.05, 4.69) is 5.32 Å². The fraction of sp³-hybridized carbons (Fsp3) is 0.125. The van der Waals surface area contributed by atoms with Crippen molar-refractivity contribution in [1.82, 2.24) is 0 Å². The summed E-state index contributed by atoms with van der Waals surface area (Å²) in [5.41, 5.74) is 2.94. The number of hydrogen-bond donors (Lipinski definition) is 2. The minimum atomic E-state index is -1.02. The molecule has 5 heteroatoms. The van der Waals surface area contributed by atoms with Gasteiger partial charge in [-0.05, 0) is 43.2 Å². The maximum atomic E-state index is 11.3. The lowest BCUT2D eigenvalue weighted by atomic mass is 10.1. The number of carboxylic acids is 1. The summed E-state index contributed by atoms with van der Waals surface area (Å²) in [5, 5.41) is 12.3. The topological polar surface area (TPSA) is 75.6 Å². The van der Waals surface area contributed by atoms with E-state index in [4.69, 9.17) is 4.74 Å². The van der Waals surface area contributed by atoms with Crippen molar-refractivity contribution in [2.45, 2.75) is 13.8 Å². The molecule has 0 aromatic heterocycles. The van der Waals surface area contributed by atoms with Crippen LogP contribution in [0.15, 0.2) is 36.4 Å². The summed E-state index contributed by atoms with van der Waals surface area (Å²) >= 11 is 0. The highest BCUT2D eigenvalue weighted by molar-refractivity contribution is 5.95. The first-order valence-electron chi connectivity index (χ1n) is 6.34. The maximum absolute atomic E-state index is 11.3. The monoisotopic (exact) mass is 285 g/mol. The standard InChI is InChI=1S/C16H15NO4/c1-10-6-7-12(16(19)20)13(8-10)17-15-11(2)4-3-5-14(15)21-9-18/h3-9,17H,1-2H3,(H,19,20). The Kier molecular flexibility index (Phi) is 4.23. The van der Waals surface area contributed by atoms with Crippen LogP contribution in [-0.2, 0) is 4.79 Å². The smallest absolute Gasteiger partial charge is 0.337 e. The van der Waals surface area contributed by atoms with Gasteiger partial charge in [0, 0.05) is 0 Å². The number of rotatable bonds is 5. The molecule has 0 unspecified atom stereocenters. The van der Waals surface area contributed by atoms with Crippen LogP contribution in [0.3, 0.4) is 0 Å². The van der Waals surface area contributed by atoms with Crippen molar-refractivity contribution in [2.75, 3.05) is 5.32 Å². The van der Waals surface area contributed by atoms with Gasteiger partial charge in [-0.2, -0.15) is 0 Å². The van der Waals surface area contributed by atoms with E-state index in [9.17, 15) is 14.7 Å². The van der Waals surface area contributed by atoms with Crippen LogP contribution >= 0.6 is 0 Å². The molecule has 0 radical (unpaired) electrons. The van der Waals surface area contributed by atoms with Gasteiger partial charge in [-0.1, -0.05) is 18.2 Å². The lowest BCUT2D eigenvalue weighted by Crippen LogP contribution is -2.05. The predicted octanol–water partition coefficient (Wildman–Crippen LogP) is 3.28. The fourth-order valence-electron chi connectivity index (χ4n) is 2.03. The number of anilines is 2. The molecule has 0 aliphatic heterocycles. The Balaban J connectivity index is 2.49. The molecule has 0 aliphatic rings. The van der Waals surface area contributed by atoms with Crippen molar-refractivity contribution in [3.05, 3.63) is 53.1 Å². The van der Waals surface area contributed by atoms with Crippen LogP contribution < -0.4 is 10.1 Å². The molecule has 0 saturated carbocycles. The number of hydrogen-bond acceptors (Lipinski definition) is 4. The lowest BCUT2D eigenvalue weighted by Gasteiger charge is -2.15.